The van der Waals surface area contributed by atoms with E-state index in [0.29, 0.717) is 31.7 Å². The molecule has 0 spiro atoms. The second-order valence-corrected chi connectivity index (χ2v) is 9.08. The van der Waals surface area contributed by atoms with Crippen molar-refractivity contribution in [2.75, 3.05) is 31.0 Å². The minimum absolute atomic E-state index is 0.134. The maximum absolute atomic E-state index is 13.3. The lowest BCUT2D eigenvalue weighted by molar-refractivity contribution is -0.133. The Morgan fingerprint density at radius 2 is 1.68 bits per heavy atom. The molecule has 1 aliphatic heterocycles. The van der Waals surface area contributed by atoms with Gasteiger partial charge < -0.3 is 15.4 Å². The smallest absolute Gasteiger partial charge is 0.264 e. The number of carbonyl (C=O) groups is 2. The number of primary amides is 1. The largest absolute Gasteiger partial charge is 0.497 e. The fraction of sp³-hybridized carbons (Fsp3) is 0.333. The van der Waals surface area contributed by atoms with Crippen LogP contribution >= 0.6 is 0 Å². The average Bonchev–Trinajstić information content (AvgIpc) is 2.77. The minimum Gasteiger partial charge on any atom is -0.497 e. The van der Waals surface area contributed by atoms with E-state index < -0.39 is 34.2 Å². The van der Waals surface area contributed by atoms with E-state index in [4.69, 9.17) is 10.5 Å². The molecule has 31 heavy (non-hydrogen) atoms. The Balaban J connectivity index is 1.88. The summed E-state index contributed by atoms with van der Waals surface area (Å²) in [5, 5.41) is 0. The number of ether oxygens (including phenoxy) is 1. The Kier molecular flexibility index (Phi) is 6.79. The second kappa shape index (κ2) is 9.34. The van der Waals surface area contributed by atoms with Crippen LogP contribution in [0.5, 0.6) is 5.75 Å². The maximum atomic E-state index is 13.3. The second-order valence-electron chi connectivity index (χ2n) is 7.22. The molecule has 2 aromatic carbocycles. The van der Waals surface area contributed by atoms with Crippen molar-refractivity contribution in [1.82, 2.24) is 4.90 Å². The molecular formula is C21H24FN3O5S. The first kappa shape index (κ1) is 22.5. The number of hydrogen-bond donors (Lipinski definition) is 1. The van der Waals surface area contributed by atoms with Crippen LogP contribution < -0.4 is 14.8 Å². The number of likely N-dealkylation sites (tertiary alicyclic amines) is 1. The SMILES string of the molecule is COc1ccc(N(CC(=O)N2CCC(C(N)=O)CC2)S(=O)(=O)c2ccc(F)cc2)cc1. The molecule has 166 valence electrons. The number of rotatable bonds is 7. The number of carbonyl (C=O) groups excluding carboxylic acids is 2. The molecule has 0 radical (unpaired) electrons. The van der Waals surface area contributed by atoms with E-state index in [1.807, 2.05) is 0 Å². The van der Waals surface area contributed by atoms with E-state index in [1.54, 1.807) is 12.1 Å². The highest BCUT2D eigenvalue weighted by atomic mass is 32.2. The molecule has 3 rings (SSSR count). The number of amides is 2. The predicted molar refractivity (Wildman–Crippen MR) is 112 cm³/mol. The molecule has 1 fully saturated rings. The topological polar surface area (TPSA) is 110 Å². The highest BCUT2D eigenvalue weighted by Gasteiger charge is 2.31. The predicted octanol–water partition coefficient (Wildman–Crippen LogP) is 1.75. The summed E-state index contributed by atoms with van der Waals surface area (Å²) in [5.41, 5.74) is 5.60. The molecule has 1 aliphatic rings. The van der Waals surface area contributed by atoms with Crippen LogP contribution in [0.2, 0.25) is 0 Å². The van der Waals surface area contributed by atoms with Crippen LogP contribution in [0, 0.1) is 11.7 Å². The van der Waals surface area contributed by atoms with E-state index in [2.05, 4.69) is 0 Å². The van der Waals surface area contributed by atoms with Gasteiger partial charge in [-0.1, -0.05) is 0 Å². The summed E-state index contributed by atoms with van der Waals surface area (Å²) in [6.45, 7) is 0.201. The quantitative estimate of drug-likeness (QED) is 0.693. The first-order chi connectivity index (χ1) is 14.7. The Bertz CT molecular complexity index is 1030. The number of hydrogen-bond acceptors (Lipinski definition) is 5. The van der Waals surface area contributed by atoms with Gasteiger partial charge in [0.15, 0.2) is 0 Å². The van der Waals surface area contributed by atoms with Crippen molar-refractivity contribution >= 4 is 27.5 Å². The summed E-state index contributed by atoms with van der Waals surface area (Å²) < 4.78 is 46.0. The molecule has 10 heteroatoms. The molecule has 0 aliphatic carbocycles. The molecule has 2 N–H and O–H groups in total. The van der Waals surface area contributed by atoms with Crippen molar-refractivity contribution < 1.29 is 27.1 Å². The van der Waals surface area contributed by atoms with Crippen molar-refractivity contribution in [3.63, 3.8) is 0 Å². The third-order valence-electron chi connectivity index (χ3n) is 5.29. The molecule has 8 nitrogen and oxygen atoms in total. The van der Waals surface area contributed by atoms with Gasteiger partial charge in [0.25, 0.3) is 10.0 Å². The van der Waals surface area contributed by atoms with Crippen molar-refractivity contribution in [1.29, 1.82) is 0 Å². The van der Waals surface area contributed by atoms with Crippen molar-refractivity contribution in [2.24, 2.45) is 11.7 Å². The summed E-state index contributed by atoms with van der Waals surface area (Å²) in [6.07, 6.45) is 0.878. The summed E-state index contributed by atoms with van der Waals surface area (Å²) in [4.78, 5) is 25.7. The van der Waals surface area contributed by atoms with Crippen LogP contribution in [0.25, 0.3) is 0 Å². The third-order valence-corrected chi connectivity index (χ3v) is 7.08. The normalized spacial score (nSPS) is 14.8. The monoisotopic (exact) mass is 449 g/mol. The molecule has 2 amide bonds. The lowest BCUT2D eigenvalue weighted by atomic mass is 9.96. The van der Waals surface area contributed by atoms with E-state index in [9.17, 15) is 22.4 Å². The van der Waals surface area contributed by atoms with Gasteiger partial charge in [-0.15, -0.1) is 0 Å². The zero-order chi connectivity index (χ0) is 22.6. The van der Waals surface area contributed by atoms with Crippen molar-refractivity contribution in [2.45, 2.75) is 17.7 Å². The summed E-state index contributed by atoms with van der Waals surface area (Å²) in [5.74, 6) is -1.12. The molecule has 1 saturated heterocycles. The first-order valence-corrected chi connectivity index (χ1v) is 11.2. The highest BCUT2D eigenvalue weighted by molar-refractivity contribution is 7.92. The fourth-order valence-corrected chi connectivity index (χ4v) is 4.85. The third kappa shape index (κ3) is 5.13. The number of halogens is 1. The van der Waals surface area contributed by atoms with E-state index in [0.717, 1.165) is 28.6 Å². The van der Waals surface area contributed by atoms with Gasteiger partial charge in [-0.05, 0) is 61.4 Å². The number of methoxy groups -OCH3 is 1. The standard InChI is InChI=1S/C21H24FN3O5S/c1-30-18-6-4-17(5-7-18)25(31(28,29)19-8-2-16(22)3-9-19)14-20(26)24-12-10-15(11-13-24)21(23)27/h2-9,15H,10-14H2,1H3,(H2,23,27). The highest BCUT2D eigenvalue weighted by Crippen LogP contribution is 2.27. The molecule has 1 heterocycles. The Morgan fingerprint density at radius 3 is 2.19 bits per heavy atom. The molecular weight excluding hydrogens is 425 g/mol. The fourth-order valence-electron chi connectivity index (χ4n) is 3.43. The van der Waals surface area contributed by atoms with Gasteiger partial charge in [0.05, 0.1) is 17.7 Å². The van der Waals surface area contributed by atoms with Gasteiger partial charge in [-0.3, -0.25) is 13.9 Å². The Labute approximate surface area is 180 Å². The summed E-state index contributed by atoms with van der Waals surface area (Å²) in [7, 11) is -2.66. The van der Waals surface area contributed by atoms with E-state index in [1.165, 1.54) is 24.1 Å². The van der Waals surface area contributed by atoms with Gasteiger partial charge in [-0.25, -0.2) is 12.8 Å². The Morgan fingerprint density at radius 1 is 1.10 bits per heavy atom. The minimum atomic E-state index is -4.14. The summed E-state index contributed by atoms with van der Waals surface area (Å²) >= 11 is 0. The number of nitrogens with two attached hydrogens (primary N) is 1. The lowest BCUT2D eigenvalue weighted by Crippen LogP contribution is -2.47. The molecule has 2 aromatic rings. The van der Waals surface area contributed by atoms with E-state index in [-0.39, 0.29) is 16.5 Å². The average molecular weight is 450 g/mol. The van der Waals surface area contributed by atoms with Crippen LogP contribution in [-0.2, 0) is 19.6 Å². The Hall–Kier alpha value is -3.14. The lowest BCUT2D eigenvalue weighted by Gasteiger charge is -2.33. The molecule has 0 saturated carbocycles. The van der Waals surface area contributed by atoms with Gasteiger partial charge in [0.2, 0.25) is 11.8 Å². The van der Waals surface area contributed by atoms with Gasteiger partial charge in [0.1, 0.15) is 18.1 Å². The first-order valence-electron chi connectivity index (χ1n) is 9.72. The van der Waals surface area contributed by atoms with E-state index >= 15 is 0 Å². The molecule has 0 bridgehead atoms. The van der Waals surface area contributed by atoms with Crippen LogP contribution in [0.4, 0.5) is 10.1 Å². The molecule has 0 atom stereocenters. The van der Waals surface area contributed by atoms with Crippen LogP contribution in [0.3, 0.4) is 0 Å². The van der Waals surface area contributed by atoms with Crippen LogP contribution in [0.15, 0.2) is 53.4 Å². The van der Waals surface area contributed by atoms with Crippen LogP contribution in [0.1, 0.15) is 12.8 Å². The maximum Gasteiger partial charge on any atom is 0.264 e. The number of sulfonamides is 1. The van der Waals surface area contributed by atoms with Crippen molar-refractivity contribution in [3.8, 4) is 5.75 Å². The zero-order valence-electron chi connectivity index (χ0n) is 17.0. The van der Waals surface area contributed by atoms with Crippen molar-refractivity contribution in [3.05, 3.63) is 54.3 Å². The number of piperidine rings is 1. The van der Waals surface area contributed by atoms with Gasteiger partial charge in [0, 0.05) is 19.0 Å². The number of benzene rings is 2. The number of nitrogens with zero attached hydrogens (tertiary/aromatic N) is 2. The van der Waals surface area contributed by atoms with Crippen LogP contribution in [-0.4, -0.2) is 51.9 Å². The van der Waals surface area contributed by atoms with Gasteiger partial charge >= 0.3 is 0 Å². The molecule has 0 unspecified atom stereocenters. The number of anilines is 1. The zero-order valence-corrected chi connectivity index (χ0v) is 17.8. The summed E-state index contributed by atoms with van der Waals surface area (Å²) in [6, 6.07) is 10.7. The molecule has 0 aromatic heterocycles. The van der Waals surface area contributed by atoms with Gasteiger partial charge in [-0.2, -0.15) is 0 Å².